The lowest BCUT2D eigenvalue weighted by molar-refractivity contribution is 0.0694. The van der Waals surface area contributed by atoms with E-state index in [0.29, 0.717) is 13.1 Å². The quantitative estimate of drug-likeness (QED) is 0.541. The molecule has 4 atom stereocenters. The van der Waals surface area contributed by atoms with Gasteiger partial charge in [0.05, 0.1) is 22.6 Å². The van der Waals surface area contributed by atoms with E-state index in [9.17, 15) is 23.5 Å². The van der Waals surface area contributed by atoms with E-state index < -0.39 is 51.9 Å². The number of hydrogen-bond acceptors (Lipinski definition) is 5. The molecule has 4 N–H and O–H groups in total. The average molecular weight is 380 g/mol. The van der Waals surface area contributed by atoms with Crippen molar-refractivity contribution in [1.29, 1.82) is 0 Å². The summed E-state index contributed by atoms with van der Waals surface area (Å²) in [7, 11) is 0. The van der Waals surface area contributed by atoms with Crippen LogP contribution in [0.1, 0.15) is 22.8 Å². The number of alkyl halides is 1. The summed E-state index contributed by atoms with van der Waals surface area (Å²) in [6, 6.07) is -0.515. The van der Waals surface area contributed by atoms with Crippen LogP contribution in [0.25, 0.3) is 10.9 Å². The van der Waals surface area contributed by atoms with Gasteiger partial charge in [-0.3, -0.25) is 4.79 Å². The predicted octanol–water partition coefficient (Wildman–Crippen LogP) is 1.00. The van der Waals surface area contributed by atoms with Crippen LogP contribution in [0.4, 0.5) is 24.5 Å². The molecule has 4 unspecified atom stereocenters. The average Bonchev–Trinajstić information content (AvgIpc) is 3.49. The summed E-state index contributed by atoms with van der Waals surface area (Å²) < 4.78 is 45.1. The van der Waals surface area contributed by atoms with Gasteiger partial charge in [0.1, 0.15) is 17.4 Å². The second kappa shape index (κ2) is 5.16. The van der Waals surface area contributed by atoms with Crippen LogP contribution in [0.3, 0.4) is 0 Å². The lowest BCUT2D eigenvalue weighted by Gasteiger charge is -2.24. The van der Waals surface area contributed by atoms with Crippen molar-refractivity contribution in [2.45, 2.75) is 30.7 Å². The van der Waals surface area contributed by atoms with Gasteiger partial charge in [-0.1, -0.05) is 0 Å². The monoisotopic (exact) mass is 380 g/mol. The number of carboxylic acids is 1. The highest BCUT2D eigenvalue weighted by Gasteiger charge is 2.47. The Bertz CT molecular complexity index is 1080. The highest BCUT2D eigenvalue weighted by molar-refractivity contribution is 5.99. The SMILES string of the molecule is Nc1c(F)c(N2CC3NC3C2)c(F)c2c1c(=O)c(C(=O)O)cn2C1CC1F. The molecule has 1 aromatic heterocycles. The molecule has 3 aliphatic rings. The third-order valence-electron chi connectivity index (χ3n) is 5.59. The second-order valence-electron chi connectivity index (χ2n) is 7.30. The number of aromatic carboxylic acids is 1. The van der Waals surface area contributed by atoms with Crippen LogP contribution in [-0.2, 0) is 0 Å². The number of hydrogen-bond donors (Lipinski definition) is 3. The molecule has 1 aromatic carbocycles. The van der Waals surface area contributed by atoms with Crippen LogP contribution in [0.2, 0.25) is 0 Å². The number of fused-ring (bicyclic) bond motifs is 2. The van der Waals surface area contributed by atoms with Crippen molar-refractivity contribution < 1.29 is 23.1 Å². The van der Waals surface area contributed by atoms with E-state index in [1.165, 1.54) is 4.90 Å². The largest absolute Gasteiger partial charge is 0.477 e. The first-order chi connectivity index (χ1) is 12.8. The van der Waals surface area contributed by atoms with Crippen molar-refractivity contribution >= 4 is 28.2 Å². The zero-order chi connectivity index (χ0) is 19.2. The molecule has 142 valence electrons. The number of halogens is 3. The molecule has 1 saturated carbocycles. The van der Waals surface area contributed by atoms with Gasteiger partial charge in [-0.15, -0.1) is 0 Å². The van der Waals surface area contributed by atoms with Crippen LogP contribution in [0.5, 0.6) is 0 Å². The summed E-state index contributed by atoms with van der Waals surface area (Å²) in [5.74, 6) is -3.69. The fraction of sp³-hybridized carbons (Fsp3) is 0.412. The molecule has 3 fully saturated rings. The Morgan fingerprint density at radius 1 is 1.26 bits per heavy atom. The van der Waals surface area contributed by atoms with Crippen molar-refractivity contribution in [3.63, 3.8) is 0 Å². The molecule has 2 aliphatic heterocycles. The van der Waals surface area contributed by atoms with E-state index in [4.69, 9.17) is 5.73 Å². The van der Waals surface area contributed by atoms with Crippen LogP contribution in [0, 0.1) is 11.6 Å². The number of nitrogens with two attached hydrogens (primary N) is 1. The maximum absolute atomic E-state index is 15.4. The van der Waals surface area contributed by atoms with Gasteiger partial charge in [-0.2, -0.15) is 0 Å². The maximum atomic E-state index is 15.4. The standard InChI is InChI=1S/C17H15F3N4O3/c18-6-1-9(6)24-2-5(17(26)27)16(25)10-13(21)11(19)15(12(20)14(10)24)23-3-7-8(4-23)22-7/h2,6-9,22H,1,3-4,21H2,(H,26,27). The molecule has 5 rings (SSSR count). The topological polar surface area (TPSA) is 110 Å². The van der Waals surface area contributed by atoms with Gasteiger partial charge < -0.3 is 25.6 Å². The lowest BCUT2D eigenvalue weighted by atomic mass is 10.1. The number of nitrogen functional groups attached to an aromatic ring is 1. The zero-order valence-electron chi connectivity index (χ0n) is 13.9. The zero-order valence-corrected chi connectivity index (χ0v) is 13.9. The number of piperazine rings is 1. The van der Waals surface area contributed by atoms with Crippen LogP contribution >= 0.6 is 0 Å². The first-order valence-electron chi connectivity index (χ1n) is 8.53. The number of benzene rings is 1. The highest BCUT2D eigenvalue weighted by atomic mass is 19.1. The van der Waals surface area contributed by atoms with E-state index in [1.54, 1.807) is 0 Å². The molecule has 0 amide bonds. The normalized spacial score (nSPS) is 28.5. The Hall–Kier alpha value is -2.75. The molecule has 27 heavy (non-hydrogen) atoms. The number of rotatable bonds is 3. The summed E-state index contributed by atoms with van der Waals surface area (Å²) in [5, 5.41) is 11.8. The molecule has 0 radical (unpaired) electrons. The third kappa shape index (κ3) is 2.19. The molecular weight excluding hydrogens is 365 g/mol. The smallest absolute Gasteiger partial charge is 0.341 e. The van der Waals surface area contributed by atoms with Crippen LogP contribution in [-0.4, -0.2) is 47.0 Å². The Labute approximate surface area is 150 Å². The van der Waals surface area contributed by atoms with Gasteiger partial charge in [0.15, 0.2) is 11.6 Å². The Morgan fingerprint density at radius 2 is 1.89 bits per heavy atom. The van der Waals surface area contributed by atoms with Gasteiger partial charge in [0.25, 0.3) is 0 Å². The number of carboxylic acid groups (broad SMARTS) is 1. The minimum Gasteiger partial charge on any atom is -0.477 e. The number of pyridine rings is 1. The number of aromatic nitrogens is 1. The molecule has 0 spiro atoms. The number of nitrogens with zero attached hydrogens (tertiary/aromatic N) is 2. The lowest BCUT2D eigenvalue weighted by Crippen LogP contribution is -2.30. The van der Waals surface area contributed by atoms with Crippen molar-refractivity contribution in [3.8, 4) is 0 Å². The van der Waals surface area contributed by atoms with Gasteiger partial charge >= 0.3 is 5.97 Å². The Morgan fingerprint density at radius 3 is 2.44 bits per heavy atom. The molecular formula is C17H15F3N4O3. The second-order valence-corrected chi connectivity index (χ2v) is 7.30. The summed E-state index contributed by atoms with van der Waals surface area (Å²) in [6.45, 7) is 0.770. The highest BCUT2D eigenvalue weighted by Crippen LogP contribution is 2.44. The van der Waals surface area contributed by atoms with Crippen molar-refractivity contribution in [2.75, 3.05) is 23.7 Å². The fourth-order valence-electron chi connectivity index (χ4n) is 4.00. The molecule has 7 nitrogen and oxygen atoms in total. The number of nitrogens with one attached hydrogen (secondary N) is 1. The molecule has 10 heteroatoms. The van der Waals surface area contributed by atoms with Crippen molar-refractivity contribution in [2.24, 2.45) is 0 Å². The minimum absolute atomic E-state index is 0.0564. The van der Waals surface area contributed by atoms with Crippen LogP contribution in [0.15, 0.2) is 11.0 Å². The summed E-state index contributed by atoms with van der Waals surface area (Å²) in [4.78, 5) is 25.4. The van der Waals surface area contributed by atoms with Gasteiger partial charge in [0.2, 0.25) is 5.43 Å². The van der Waals surface area contributed by atoms with E-state index in [-0.39, 0.29) is 29.7 Å². The Kier molecular flexibility index (Phi) is 3.14. The van der Waals surface area contributed by atoms with E-state index in [2.05, 4.69) is 5.32 Å². The molecule has 3 heterocycles. The first kappa shape index (κ1) is 16.4. The molecule has 2 saturated heterocycles. The molecule has 1 aliphatic carbocycles. The Balaban J connectivity index is 1.84. The van der Waals surface area contributed by atoms with Crippen LogP contribution < -0.4 is 21.4 Å². The van der Waals surface area contributed by atoms with E-state index >= 15 is 4.39 Å². The first-order valence-corrected chi connectivity index (χ1v) is 8.53. The minimum atomic E-state index is -1.57. The fourth-order valence-corrected chi connectivity index (χ4v) is 4.00. The predicted molar refractivity (Wildman–Crippen MR) is 91.0 cm³/mol. The molecule has 2 aromatic rings. The molecule has 0 bridgehead atoms. The maximum Gasteiger partial charge on any atom is 0.341 e. The number of anilines is 2. The summed E-state index contributed by atoms with van der Waals surface area (Å²) in [6.07, 6.45) is -0.319. The van der Waals surface area contributed by atoms with Gasteiger partial charge in [-0.05, 0) is 0 Å². The van der Waals surface area contributed by atoms with Crippen molar-refractivity contribution in [3.05, 3.63) is 33.6 Å². The summed E-state index contributed by atoms with van der Waals surface area (Å²) in [5.41, 5.74) is 2.70. The van der Waals surface area contributed by atoms with E-state index in [0.717, 1.165) is 10.8 Å². The summed E-state index contributed by atoms with van der Waals surface area (Å²) >= 11 is 0. The van der Waals surface area contributed by atoms with E-state index in [1.807, 2.05) is 0 Å². The third-order valence-corrected chi connectivity index (χ3v) is 5.59. The van der Waals surface area contributed by atoms with Gasteiger partial charge in [-0.25, -0.2) is 18.0 Å². The number of carbonyl (C=O) groups is 1. The van der Waals surface area contributed by atoms with Gasteiger partial charge in [0, 0.05) is 37.8 Å². The van der Waals surface area contributed by atoms with Crippen molar-refractivity contribution in [1.82, 2.24) is 9.88 Å².